The second-order valence-electron chi connectivity index (χ2n) is 3.72. The molecule has 1 aromatic heterocycles. The molecule has 0 bridgehead atoms. The van der Waals surface area contributed by atoms with Crippen LogP contribution in [-0.4, -0.2) is 22.8 Å². The molecule has 0 atom stereocenters. The fourth-order valence-corrected chi connectivity index (χ4v) is 1.74. The van der Waals surface area contributed by atoms with Crippen LogP contribution in [0.3, 0.4) is 0 Å². The van der Waals surface area contributed by atoms with E-state index in [9.17, 15) is 4.79 Å². The first kappa shape index (κ1) is 12.2. The number of benzene rings is 1. The summed E-state index contributed by atoms with van der Waals surface area (Å²) in [5, 5.41) is 12.6. The van der Waals surface area contributed by atoms with Gasteiger partial charge in [-0.1, -0.05) is 17.3 Å². The van der Waals surface area contributed by atoms with Crippen molar-refractivity contribution in [2.45, 2.75) is 13.8 Å². The van der Waals surface area contributed by atoms with Crippen molar-refractivity contribution < 1.29 is 19.2 Å². The van der Waals surface area contributed by atoms with Gasteiger partial charge in [-0.3, -0.25) is 0 Å². The standard InChI is InChI=1S/C13H13NO4/c1-3-17-10-6-4-9(5-7-10)11-8(2)18-14-12(11)13(15)16/h4-7H,3H2,1-2H3,(H,15,16). The number of rotatable bonds is 4. The molecule has 2 rings (SSSR count). The molecule has 0 saturated carbocycles. The van der Waals surface area contributed by atoms with Gasteiger partial charge in [0.2, 0.25) is 0 Å². The highest BCUT2D eigenvalue weighted by atomic mass is 16.5. The number of hydrogen-bond donors (Lipinski definition) is 1. The highest BCUT2D eigenvalue weighted by Gasteiger charge is 2.20. The molecule has 1 aromatic carbocycles. The van der Waals surface area contributed by atoms with Crippen molar-refractivity contribution in [2.24, 2.45) is 0 Å². The van der Waals surface area contributed by atoms with Crippen LogP contribution in [0.15, 0.2) is 28.8 Å². The van der Waals surface area contributed by atoms with Crippen molar-refractivity contribution in [3.63, 3.8) is 0 Å². The predicted octanol–water partition coefficient (Wildman–Crippen LogP) is 2.75. The van der Waals surface area contributed by atoms with Crippen molar-refractivity contribution in [1.29, 1.82) is 0 Å². The lowest BCUT2D eigenvalue weighted by Gasteiger charge is -2.04. The Hall–Kier alpha value is -2.30. The Morgan fingerprint density at radius 1 is 1.39 bits per heavy atom. The molecule has 0 spiro atoms. The zero-order valence-electron chi connectivity index (χ0n) is 10.1. The summed E-state index contributed by atoms with van der Waals surface area (Å²) in [6.45, 7) is 4.18. The lowest BCUT2D eigenvalue weighted by molar-refractivity contribution is 0.0686. The minimum atomic E-state index is -1.10. The van der Waals surface area contributed by atoms with Gasteiger partial charge in [0.15, 0.2) is 5.69 Å². The number of aromatic carboxylic acids is 1. The molecule has 0 fully saturated rings. The largest absolute Gasteiger partial charge is 0.494 e. The Morgan fingerprint density at radius 3 is 2.61 bits per heavy atom. The van der Waals surface area contributed by atoms with Gasteiger partial charge < -0.3 is 14.4 Å². The molecule has 0 aliphatic rings. The van der Waals surface area contributed by atoms with Crippen LogP contribution in [0.2, 0.25) is 0 Å². The lowest BCUT2D eigenvalue weighted by Crippen LogP contribution is -1.99. The summed E-state index contributed by atoms with van der Waals surface area (Å²) >= 11 is 0. The highest BCUT2D eigenvalue weighted by molar-refractivity contribution is 5.94. The SMILES string of the molecule is CCOc1ccc(-c2c(C(=O)O)noc2C)cc1. The maximum atomic E-state index is 11.0. The Morgan fingerprint density at radius 2 is 2.06 bits per heavy atom. The van der Waals surface area contributed by atoms with E-state index in [2.05, 4.69) is 5.16 Å². The summed E-state index contributed by atoms with van der Waals surface area (Å²) < 4.78 is 10.3. The predicted molar refractivity (Wildman–Crippen MR) is 64.8 cm³/mol. The van der Waals surface area contributed by atoms with Gasteiger partial charge in [0, 0.05) is 0 Å². The third-order valence-electron chi connectivity index (χ3n) is 2.52. The van der Waals surface area contributed by atoms with Gasteiger partial charge in [0.05, 0.1) is 12.2 Å². The fourth-order valence-electron chi connectivity index (χ4n) is 1.74. The first-order chi connectivity index (χ1) is 8.63. The minimum Gasteiger partial charge on any atom is -0.494 e. The van der Waals surface area contributed by atoms with Gasteiger partial charge in [-0.25, -0.2) is 4.79 Å². The molecule has 94 valence electrons. The van der Waals surface area contributed by atoms with Crippen LogP contribution in [0, 0.1) is 6.92 Å². The zero-order chi connectivity index (χ0) is 13.1. The lowest BCUT2D eigenvalue weighted by atomic mass is 10.0. The van der Waals surface area contributed by atoms with Crippen LogP contribution < -0.4 is 4.74 Å². The van der Waals surface area contributed by atoms with Gasteiger partial charge in [-0.15, -0.1) is 0 Å². The molecule has 0 amide bonds. The summed E-state index contributed by atoms with van der Waals surface area (Å²) in [6, 6.07) is 7.15. The summed E-state index contributed by atoms with van der Waals surface area (Å²) in [4.78, 5) is 11.0. The molecule has 0 aliphatic heterocycles. The third-order valence-corrected chi connectivity index (χ3v) is 2.52. The third kappa shape index (κ3) is 2.20. The molecule has 0 aliphatic carbocycles. The molecule has 0 unspecified atom stereocenters. The van der Waals surface area contributed by atoms with E-state index in [0.717, 1.165) is 11.3 Å². The van der Waals surface area contributed by atoms with Crippen LogP contribution >= 0.6 is 0 Å². The van der Waals surface area contributed by atoms with E-state index < -0.39 is 5.97 Å². The second kappa shape index (κ2) is 4.91. The van der Waals surface area contributed by atoms with Crippen LogP contribution in [0.25, 0.3) is 11.1 Å². The van der Waals surface area contributed by atoms with Crippen LogP contribution in [0.1, 0.15) is 23.2 Å². The van der Waals surface area contributed by atoms with Crippen molar-refractivity contribution in [3.8, 4) is 16.9 Å². The quantitative estimate of drug-likeness (QED) is 0.899. The van der Waals surface area contributed by atoms with Crippen molar-refractivity contribution in [3.05, 3.63) is 35.7 Å². The molecule has 1 N–H and O–H groups in total. The summed E-state index contributed by atoms with van der Waals surface area (Å²) in [6.07, 6.45) is 0. The molecule has 1 heterocycles. The Kier molecular flexibility index (Phi) is 3.32. The molecule has 0 radical (unpaired) electrons. The summed E-state index contributed by atoms with van der Waals surface area (Å²) in [5.41, 5.74) is 1.18. The Bertz CT molecular complexity index is 557. The van der Waals surface area contributed by atoms with E-state index in [1.807, 2.05) is 6.92 Å². The molecule has 18 heavy (non-hydrogen) atoms. The minimum absolute atomic E-state index is 0.0725. The number of hydrogen-bond acceptors (Lipinski definition) is 4. The number of carboxylic acid groups (broad SMARTS) is 1. The van der Waals surface area contributed by atoms with Crippen LogP contribution in [0.5, 0.6) is 5.75 Å². The molecular weight excluding hydrogens is 234 g/mol. The molecular formula is C13H13NO4. The average molecular weight is 247 g/mol. The van der Waals surface area contributed by atoms with Crippen molar-refractivity contribution in [1.82, 2.24) is 5.16 Å². The van der Waals surface area contributed by atoms with Crippen molar-refractivity contribution >= 4 is 5.97 Å². The van der Waals surface area contributed by atoms with Crippen LogP contribution in [0.4, 0.5) is 0 Å². The number of carboxylic acids is 1. The van der Waals surface area contributed by atoms with E-state index in [-0.39, 0.29) is 5.69 Å². The van der Waals surface area contributed by atoms with Crippen LogP contribution in [-0.2, 0) is 0 Å². The number of aryl methyl sites for hydroxylation is 1. The molecule has 5 nitrogen and oxygen atoms in total. The van der Waals surface area contributed by atoms with Gasteiger partial charge in [0.1, 0.15) is 11.5 Å². The maximum absolute atomic E-state index is 11.0. The van der Waals surface area contributed by atoms with Crippen molar-refractivity contribution in [2.75, 3.05) is 6.61 Å². The van der Waals surface area contributed by atoms with E-state index in [1.165, 1.54) is 0 Å². The van der Waals surface area contributed by atoms with E-state index in [0.29, 0.717) is 17.9 Å². The molecule has 5 heteroatoms. The summed E-state index contributed by atoms with van der Waals surface area (Å²) in [7, 11) is 0. The first-order valence-electron chi connectivity index (χ1n) is 5.56. The van der Waals surface area contributed by atoms with E-state index >= 15 is 0 Å². The van der Waals surface area contributed by atoms with Gasteiger partial charge >= 0.3 is 5.97 Å². The van der Waals surface area contributed by atoms with E-state index in [1.54, 1.807) is 31.2 Å². The molecule has 2 aromatic rings. The number of aromatic nitrogens is 1. The normalized spacial score (nSPS) is 10.3. The summed E-state index contributed by atoms with van der Waals surface area (Å²) in [5.74, 6) is 0.125. The monoisotopic (exact) mass is 247 g/mol. The first-order valence-corrected chi connectivity index (χ1v) is 5.56. The van der Waals surface area contributed by atoms with Gasteiger partial charge in [-0.05, 0) is 31.5 Å². The highest BCUT2D eigenvalue weighted by Crippen LogP contribution is 2.28. The Balaban J connectivity index is 2.42. The topological polar surface area (TPSA) is 72.6 Å². The number of nitrogens with zero attached hydrogens (tertiary/aromatic N) is 1. The average Bonchev–Trinajstić information content (AvgIpc) is 2.73. The Labute approximate surface area is 104 Å². The maximum Gasteiger partial charge on any atom is 0.358 e. The van der Waals surface area contributed by atoms with Gasteiger partial charge in [0.25, 0.3) is 0 Å². The van der Waals surface area contributed by atoms with Gasteiger partial charge in [-0.2, -0.15) is 0 Å². The molecule has 0 saturated heterocycles. The van der Waals surface area contributed by atoms with E-state index in [4.69, 9.17) is 14.4 Å². The number of ether oxygens (including phenoxy) is 1. The number of carbonyl (C=O) groups is 1. The second-order valence-corrected chi connectivity index (χ2v) is 3.72. The zero-order valence-corrected chi connectivity index (χ0v) is 10.1. The fraction of sp³-hybridized carbons (Fsp3) is 0.231. The smallest absolute Gasteiger partial charge is 0.358 e.